The van der Waals surface area contributed by atoms with Crippen molar-refractivity contribution in [1.29, 1.82) is 0 Å². The van der Waals surface area contributed by atoms with Crippen LogP contribution in [0, 0.1) is 6.85 Å². The predicted molar refractivity (Wildman–Crippen MR) is 197 cm³/mol. The highest BCUT2D eigenvalue weighted by atomic mass is 16.3. The van der Waals surface area contributed by atoms with Gasteiger partial charge in [-0.05, 0) is 95.5 Å². The molecule has 0 aliphatic rings. The van der Waals surface area contributed by atoms with Gasteiger partial charge in [0.05, 0.1) is 27.7 Å². The van der Waals surface area contributed by atoms with Crippen molar-refractivity contribution in [3.63, 3.8) is 0 Å². The number of benzene rings is 5. The van der Waals surface area contributed by atoms with E-state index < -0.39 is 6.85 Å². The van der Waals surface area contributed by atoms with Gasteiger partial charge in [0.15, 0.2) is 5.58 Å². The Balaban J connectivity index is 1.32. The third-order valence-electron chi connectivity index (χ3n) is 9.46. The van der Waals surface area contributed by atoms with Crippen LogP contribution in [0.4, 0.5) is 0 Å². The van der Waals surface area contributed by atoms with Crippen molar-refractivity contribution in [2.45, 2.75) is 46.4 Å². The first-order chi connectivity index (χ1) is 24.6. The van der Waals surface area contributed by atoms with Gasteiger partial charge >= 0.3 is 0 Å². The summed E-state index contributed by atoms with van der Waals surface area (Å²) in [7, 11) is 0. The van der Waals surface area contributed by atoms with Crippen molar-refractivity contribution in [3.8, 4) is 28.2 Å². The zero-order chi connectivity index (χ0) is 35.2. The number of para-hydroxylation sites is 3. The molecule has 9 aromatic rings. The molecule has 0 bridgehead atoms. The third-order valence-corrected chi connectivity index (χ3v) is 9.46. The number of aryl methyl sites for hydroxylation is 1. The minimum atomic E-state index is -2.23. The van der Waals surface area contributed by atoms with Crippen molar-refractivity contribution in [2.75, 3.05) is 0 Å². The number of furan rings is 2. The van der Waals surface area contributed by atoms with Gasteiger partial charge in [-0.1, -0.05) is 87.9 Å². The van der Waals surface area contributed by atoms with E-state index in [4.69, 9.17) is 22.9 Å². The summed E-state index contributed by atoms with van der Waals surface area (Å²) in [5.74, 6) is 1.25. The lowest BCUT2D eigenvalue weighted by Gasteiger charge is -2.24. The molecule has 0 radical (unpaired) electrons. The molecule has 5 aromatic carbocycles. The Hall–Kier alpha value is -5.68. The van der Waals surface area contributed by atoms with Crippen molar-refractivity contribution < 1.29 is 12.9 Å². The zero-order valence-corrected chi connectivity index (χ0v) is 27.2. The zero-order valence-electron chi connectivity index (χ0n) is 30.2. The highest BCUT2D eigenvalue weighted by Gasteiger charge is 2.26. The van der Waals surface area contributed by atoms with Gasteiger partial charge in [-0.3, -0.25) is 4.57 Å². The molecule has 4 aromatic heterocycles. The van der Waals surface area contributed by atoms with E-state index in [0.29, 0.717) is 38.8 Å². The molecule has 0 fully saturated rings. The molecule has 5 heteroatoms. The largest absolute Gasteiger partial charge is 0.454 e. The highest BCUT2D eigenvalue weighted by molar-refractivity contribution is 6.13. The van der Waals surface area contributed by atoms with Crippen LogP contribution in [0.25, 0.3) is 83.4 Å². The molecule has 0 atom stereocenters. The second-order valence-corrected chi connectivity index (χ2v) is 13.2. The summed E-state index contributed by atoms with van der Waals surface area (Å²) in [6, 6.07) is 36.5. The molecule has 0 saturated carbocycles. The summed E-state index contributed by atoms with van der Waals surface area (Å²) in [4.78, 5) is 10.2. The molecule has 5 nitrogen and oxygen atoms in total. The van der Waals surface area contributed by atoms with Gasteiger partial charge in [-0.15, -0.1) is 0 Å². The number of hydrogen-bond acceptors (Lipinski definition) is 4. The van der Waals surface area contributed by atoms with Crippen LogP contribution in [-0.4, -0.2) is 14.5 Å². The molecule has 0 saturated heterocycles. The summed E-state index contributed by atoms with van der Waals surface area (Å²) in [5.41, 5.74) is 12.0. The van der Waals surface area contributed by atoms with Crippen LogP contribution in [0.3, 0.4) is 0 Å². The SMILES string of the molecule is [2H]C([2H])([2H])c1ccc2oc3nc4c(cc3c2c1)oc1c(-c2nc3ccccc3n2-c2c(C(C)C)cc(-c3ccccc3)cc2C(C)C)cccc14. The first-order valence-corrected chi connectivity index (χ1v) is 16.5. The molecule has 0 aliphatic heterocycles. The van der Waals surface area contributed by atoms with E-state index in [0.717, 1.165) is 33.5 Å². The third kappa shape index (κ3) is 4.31. The molecular formula is C43H35N3O2. The average molecular weight is 629 g/mol. The number of fused-ring (bicyclic) bond motifs is 7. The molecule has 0 spiro atoms. The van der Waals surface area contributed by atoms with Crippen LogP contribution in [0.2, 0.25) is 0 Å². The van der Waals surface area contributed by atoms with Crippen LogP contribution in [-0.2, 0) is 0 Å². The second kappa shape index (κ2) is 10.7. The summed E-state index contributed by atoms with van der Waals surface area (Å²) < 4.78 is 38.9. The lowest BCUT2D eigenvalue weighted by Crippen LogP contribution is -2.09. The second-order valence-electron chi connectivity index (χ2n) is 13.2. The van der Waals surface area contributed by atoms with Crippen LogP contribution >= 0.6 is 0 Å². The topological polar surface area (TPSA) is 57.0 Å². The van der Waals surface area contributed by atoms with E-state index in [9.17, 15) is 0 Å². The van der Waals surface area contributed by atoms with Crippen molar-refractivity contribution >= 4 is 55.2 Å². The monoisotopic (exact) mass is 628 g/mol. The number of pyridine rings is 1. The number of imidazole rings is 1. The maximum Gasteiger partial charge on any atom is 0.228 e. The van der Waals surface area contributed by atoms with E-state index >= 15 is 0 Å². The van der Waals surface area contributed by atoms with E-state index in [1.54, 1.807) is 18.2 Å². The van der Waals surface area contributed by atoms with Gasteiger partial charge in [-0.2, -0.15) is 0 Å². The maximum atomic E-state index is 7.92. The molecule has 0 unspecified atom stereocenters. The molecular weight excluding hydrogens is 590 g/mol. The Bertz CT molecular complexity index is 2780. The Morgan fingerprint density at radius 3 is 2.19 bits per heavy atom. The number of nitrogens with zero attached hydrogens (tertiary/aromatic N) is 3. The Morgan fingerprint density at radius 1 is 0.646 bits per heavy atom. The molecule has 234 valence electrons. The Kier molecular flexibility index (Phi) is 5.65. The Labute approximate surface area is 282 Å². The average Bonchev–Trinajstić information content (AvgIpc) is 3.80. The number of aromatic nitrogens is 3. The fraction of sp³-hybridized carbons (Fsp3) is 0.163. The summed E-state index contributed by atoms with van der Waals surface area (Å²) in [5, 5.41) is 2.24. The van der Waals surface area contributed by atoms with E-state index in [1.807, 2.05) is 24.3 Å². The van der Waals surface area contributed by atoms with Crippen LogP contribution < -0.4 is 0 Å². The maximum absolute atomic E-state index is 7.92. The molecule has 0 amide bonds. The fourth-order valence-electron chi connectivity index (χ4n) is 7.12. The van der Waals surface area contributed by atoms with Gasteiger partial charge in [0.1, 0.15) is 22.5 Å². The van der Waals surface area contributed by atoms with Crippen molar-refractivity contribution in [1.82, 2.24) is 14.5 Å². The first-order valence-electron chi connectivity index (χ1n) is 18.0. The van der Waals surface area contributed by atoms with E-state index in [1.165, 1.54) is 22.3 Å². The van der Waals surface area contributed by atoms with E-state index in [2.05, 4.69) is 99.0 Å². The fourth-order valence-corrected chi connectivity index (χ4v) is 7.12. The predicted octanol–water partition coefficient (Wildman–Crippen LogP) is 12.1. The first kappa shape index (κ1) is 25.4. The molecule has 4 heterocycles. The summed E-state index contributed by atoms with van der Waals surface area (Å²) in [6.45, 7) is 6.78. The van der Waals surface area contributed by atoms with Crippen LogP contribution in [0.15, 0.2) is 118 Å². The minimum absolute atomic E-state index is 0.234. The minimum Gasteiger partial charge on any atom is -0.454 e. The smallest absolute Gasteiger partial charge is 0.228 e. The molecule has 0 aliphatic carbocycles. The molecule has 0 N–H and O–H groups in total. The standard InChI is InChI=1S/C43H35N3O2/c1-24(2)31-21-28(27-12-7-6-8-13-27)22-32(25(3)4)40(31)46-36-17-10-9-16-35(36)44-42(46)30-15-11-14-29-39-38(47-41(29)30)23-34-33-20-26(5)18-19-37(33)48-43(34)45-39/h6-25H,1-5H3/i5D3. The molecule has 9 rings (SSSR count). The van der Waals surface area contributed by atoms with Gasteiger partial charge in [0.25, 0.3) is 0 Å². The van der Waals surface area contributed by atoms with Gasteiger partial charge in [0, 0.05) is 14.9 Å². The van der Waals surface area contributed by atoms with Gasteiger partial charge in [-0.25, -0.2) is 9.97 Å². The van der Waals surface area contributed by atoms with Crippen molar-refractivity contribution in [3.05, 3.63) is 126 Å². The normalized spacial score (nSPS) is 13.4. The van der Waals surface area contributed by atoms with Crippen LogP contribution in [0.5, 0.6) is 0 Å². The number of rotatable bonds is 5. The van der Waals surface area contributed by atoms with Crippen molar-refractivity contribution in [2.24, 2.45) is 0 Å². The highest BCUT2D eigenvalue weighted by Crippen LogP contribution is 2.43. The quantitative estimate of drug-likeness (QED) is 0.190. The summed E-state index contributed by atoms with van der Waals surface area (Å²) >= 11 is 0. The van der Waals surface area contributed by atoms with Gasteiger partial charge in [0.2, 0.25) is 5.71 Å². The van der Waals surface area contributed by atoms with E-state index in [-0.39, 0.29) is 17.4 Å². The lowest BCUT2D eigenvalue weighted by molar-refractivity contribution is 0.652. The number of hydrogen-bond donors (Lipinski definition) is 0. The summed E-state index contributed by atoms with van der Waals surface area (Å²) in [6.07, 6.45) is 0. The lowest BCUT2D eigenvalue weighted by atomic mass is 9.88. The van der Waals surface area contributed by atoms with Gasteiger partial charge < -0.3 is 8.83 Å². The Morgan fingerprint density at radius 2 is 1.42 bits per heavy atom. The molecule has 48 heavy (non-hydrogen) atoms. The van der Waals surface area contributed by atoms with Crippen LogP contribution in [0.1, 0.15) is 60.3 Å².